The highest BCUT2D eigenvalue weighted by atomic mass is 19.1. The van der Waals surface area contributed by atoms with E-state index in [1.165, 1.54) is 4.57 Å². The molecule has 4 aromatic rings. The highest BCUT2D eigenvalue weighted by molar-refractivity contribution is 5.32. The summed E-state index contributed by atoms with van der Waals surface area (Å²) >= 11 is 0. The van der Waals surface area contributed by atoms with Crippen LogP contribution in [0.1, 0.15) is 22.7 Å². The fourth-order valence-electron chi connectivity index (χ4n) is 3.46. The smallest absolute Gasteiger partial charge is 0.286 e. The number of hydrogen-bond acceptors (Lipinski definition) is 2. The zero-order valence-corrected chi connectivity index (χ0v) is 15.6. The first-order chi connectivity index (χ1) is 14.1. The Kier molecular flexibility index (Phi) is 5.20. The minimum atomic E-state index is -0.961. The molecule has 0 radical (unpaired) electrons. The van der Waals surface area contributed by atoms with E-state index >= 15 is 0 Å². The van der Waals surface area contributed by atoms with Crippen LogP contribution in [0.3, 0.4) is 0 Å². The van der Waals surface area contributed by atoms with E-state index < -0.39 is 23.1 Å². The molecule has 4 nitrogen and oxygen atoms in total. The number of aromatic nitrogens is 2. The second-order valence-electron chi connectivity index (χ2n) is 6.77. The van der Waals surface area contributed by atoms with E-state index in [1.54, 1.807) is 12.1 Å². The van der Waals surface area contributed by atoms with Crippen LogP contribution in [0.4, 0.5) is 4.39 Å². The first-order valence-electron chi connectivity index (χ1n) is 9.30. The Labute approximate surface area is 167 Å². The Morgan fingerprint density at radius 1 is 0.724 bits per heavy atom. The van der Waals surface area contributed by atoms with Crippen molar-refractivity contribution in [2.75, 3.05) is 0 Å². The molecule has 0 aliphatic rings. The Morgan fingerprint density at radius 2 is 1.21 bits per heavy atom. The van der Waals surface area contributed by atoms with Gasteiger partial charge in [-0.05, 0) is 16.7 Å². The maximum absolute atomic E-state index is 14.6. The SMILES string of the molecule is O=c1c(F)cn(C(c2ccccc2)c2ccccc2)c(=O)n1Cc1ccccc1. The maximum Gasteiger partial charge on any atom is 0.332 e. The van der Waals surface area contributed by atoms with Gasteiger partial charge < -0.3 is 0 Å². The molecule has 0 saturated heterocycles. The number of nitrogens with zero attached hydrogens (tertiary/aromatic N) is 2. The molecule has 0 N–H and O–H groups in total. The Hall–Kier alpha value is -3.73. The van der Waals surface area contributed by atoms with Gasteiger partial charge in [0.05, 0.1) is 18.8 Å². The molecule has 5 heteroatoms. The van der Waals surface area contributed by atoms with E-state index in [-0.39, 0.29) is 6.54 Å². The average molecular weight is 386 g/mol. The number of benzene rings is 3. The summed E-state index contributed by atoms with van der Waals surface area (Å²) in [6.45, 7) is 0.00651. The average Bonchev–Trinajstić information content (AvgIpc) is 2.77. The molecule has 4 rings (SSSR count). The second-order valence-corrected chi connectivity index (χ2v) is 6.77. The molecule has 0 fully saturated rings. The van der Waals surface area contributed by atoms with E-state index in [4.69, 9.17) is 0 Å². The summed E-state index contributed by atoms with van der Waals surface area (Å²) in [5.74, 6) is -0.961. The predicted molar refractivity (Wildman–Crippen MR) is 111 cm³/mol. The third-order valence-corrected chi connectivity index (χ3v) is 4.85. The topological polar surface area (TPSA) is 44.0 Å². The number of rotatable bonds is 5. The van der Waals surface area contributed by atoms with Crippen LogP contribution in [-0.4, -0.2) is 9.13 Å². The van der Waals surface area contributed by atoms with Crippen LogP contribution >= 0.6 is 0 Å². The van der Waals surface area contributed by atoms with Crippen molar-refractivity contribution >= 4 is 0 Å². The zero-order valence-electron chi connectivity index (χ0n) is 15.6. The van der Waals surface area contributed by atoms with Crippen LogP contribution < -0.4 is 11.2 Å². The molecule has 0 amide bonds. The first-order valence-corrected chi connectivity index (χ1v) is 9.30. The fourth-order valence-corrected chi connectivity index (χ4v) is 3.46. The van der Waals surface area contributed by atoms with Gasteiger partial charge in [-0.3, -0.25) is 13.9 Å². The van der Waals surface area contributed by atoms with Gasteiger partial charge in [-0.25, -0.2) is 4.79 Å². The van der Waals surface area contributed by atoms with Gasteiger partial charge in [0.15, 0.2) is 0 Å². The fraction of sp³-hybridized carbons (Fsp3) is 0.0833. The van der Waals surface area contributed by atoms with E-state index in [0.29, 0.717) is 0 Å². The molecule has 0 aliphatic heterocycles. The highest BCUT2D eigenvalue weighted by Crippen LogP contribution is 2.25. The van der Waals surface area contributed by atoms with Crippen molar-refractivity contribution in [3.63, 3.8) is 0 Å². The lowest BCUT2D eigenvalue weighted by Crippen LogP contribution is -2.43. The lowest BCUT2D eigenvalue weighted by molar-refractivity contribution is 0.496. The summed E-state index contributed by atoms with van der Waals surface area (Å²) in [5.41, 5.74) is 0.919. The monoisotopic (exact) mass is 386 g/mol. The standard InChI is InChI=1S/C24H19FN2O2/c25-21-17-26(24(29)27(23(21)28)16-18-10-4-1-5-11-18)22(19-12-6-2-7-13-19)20-14-8-3-9-15-20/h1-15,17,22H,16H2. The van der Waals surface area contributed by atoms with E-state index in [2.05, 4.69) is 0 Å². The van der Waals surface area contributed by atoms with Gasteiger partial charge in [-0.2, -0.15) is 4.39 Å². The maximum atomic E-state index is 14.6. The number of hydrogen-bond donors (Lipinski definition) is 0. The van der Waals surface area contributed by atoms with Crippen molar-refractivity contribution in [1.29, 1.82) is 0 Å². The van der Waals surface area contributed by atoms with Crippen LogP contribution in [0.25, 0.3) is 0 Å². The third kappa shape index (κ3) is 3.80. The molecule has 1 aromatic heterocycles. The van der Waals surface area contributed by atoms with Gasteiger partial charge in [0.2, 0.25) is 5.82 Å². The van der Waals surface area contributed by atoms with Crippen LogP contribution in [-0.2, 0) is 6.54 Å². The Bertz CT molecular complexity index is 1180. The van der Waals surface area contributed by atoms with E-state index in [9.17, 15) is 14.0 Å². The van der Waals surface area contributed by atoms with E-state index in [0.717, 1.165) is 27.5 Å². The van der Waals surface area contributed by atoms with E-state index in [1.807, 2.05) is 78.9 Å². The predicted octanol–water partition coefficient (Wildman–Crippen LogP) is 3.84. The zero-order chi connectivity index (χ0) is 20.2. The van der Waals surface area contributed by atoms with Crippen LogP contribution in [0.2, 0.25) is 0 Å². The molecular weight excluding hydrogens is 367 g/mol. The molecule has 0 atom stereocenters. The Balaban J connectivity index is 1.92. The minimum absolute atomic E-state index is 0.00651. The second kappa shape index (κ2) is 8.10. The molecule has 1 heterocycles. The summed E-state index contributed by atoms with van der Waals surface area (Å²) in [7, 11) is 0. The van der Waals surface area contributed by atoms with Crippen molar-refractivity contribution in [3.8, 4) is 0 Å². The van der Waals surface area contributed by atoms with Crippen molar-refractivity contribution in [2.45, 2.75) is 12.6 Å². The normalized spacial score (nSPS) is 11.0. The quantitative estimate of drug-likeness (QED) is 0.523. The van der Waals surface area contributed by atoms with Gasteiger partial charge in [0.25, 0.3) is 5.56 Å². The van der Waals surface area contributed by atoms with Crippen LogP contribution in [0, 0.1) is 5.82 Å². The third-order valence-electron chi connectivity index (χ3n) is 4.85. The van der Waals surface area contributed by atoms with Crippen LogP contribution in [0.15, 0.2) is 107 Å². The molecule has 0 saturated carbocycles. The summed E-state index contributed by atoms with van der Waals surface area (Å²) in [4.78, 5) is 25.7. The molecule has 0 unspecified atom stereocenters. The van der Waals surface area contributed by atoms with Gasteiger partial charge in [0.1, 0.15) is 0 Å². The first kappa shape index (κ1) is 18.6. The van der Waals surface area contributed by atoms with Crippen molar-refractivity contribution in [2.24, 2.45) is 0 Å². The summed E-state index contributed by atoms with van der Waals surface area (Å²) < 4.78 is 16.9. The Morgan fingerprint density at radius 3 is 1.72 bits per heavy atom. The molecule has 0 spiro atoms. The molecule has 144 valence electrons. The van der Waals surface area contributed by atoms with Gasteiger partial charge in [-0.15, -0.1) is 0 Å². The van der Waals surface area contributed by atoms with Crippen LogP contribution in [0.5, 0.6) is 0 Å². The molecule has 3 aromatic carbocycles. The highest BCUT2D eigenvalue weighted by Gasteiger charge is 2.21. The van der Waals surface area contributed by atoms with Crippen molar-refractivity contribution in [3.05, 3.63) is 141 Å². The minimum Gasteiger partial charge on any atom is -0.286 e. The molecule has 0 bridgehead atoms. The molecular formula is C24H19FN2O2. The van der Waals surface area contributed by atoms with Crippen molar-refractivity contribution in [1.82, 2.24) is 9.13 Å². The molecule has 29 heavy (non-hydrogen) atoms. The lowest BCUT2D eigenvalue weighted by atomic mass is 9.98. The van der Waals surface area contributed by atoms with Gasteiger partial charge in [0, 0.05) is 0 Å². The number of halogens is 1. The summed E-state index contributed by atoms with van der Waals surface area (Å²) in [6, 6.07) is 27.3. The van der Waals surface area contributed by atoms with Crippen molar-refractivity contribution < 1.29 is 4.39 Å². The summed E-state index contributed by atoms with van der Waals surface area (Å²) in [5, 5.41) is 0. The lowest BCUT2D eigenvalue weighted by Gasteiger charge is -2.22. The van der Waals surface area contributed by atoms with Gasteiger partial charge in [-0.1, -0.05) is 91.0 Å². The largest absolute Gasteiger partial charge is 0.332 e. The summed E-state index contributed by atoms with van der Waals surface area (Å²) in [6.07, 6.45) is 1.01. The molecule has 0 aliphatic carbocycles. The van der Waals surface area contributed by atoms with Gasteiger partial charge >= 0.3 is 5.69 Å².